The molecule has 2 aromatic rings. The largest absolute Gasteiger partial charge is 0.342 e. The number of amides is 1. The molecule has 2 N–H and O–H groups in total. The number of nitrogens with zero attached hydrogens (tertiary/aromatic N) is 1. The van der Waals surface area contributed by atoms with E-state index in [0.717, 1.165) is 9.88 Å². The average molecular weight is 263 g/mol. The SMILES string of the molecule is Cc1cnc(C(C)NC(=O)c2cccc(=O)[nH]2)s1. The van der Waals surface area contributed by atoms with Crippen LogP contribution >= 0.6 is 11.3 Å². The highest BCUT2D eigenvalue weighted by Crippen LogP contribution is 2.18. The van der Waals surface area contributed by atoms with Crippen LogP contribution in [-0.4, -0.2) is 15.9 Å². The molecule has 0 fully saturated rings. The summed E-state index contributed by atoms with van der Waals surface area (Å²) in [4.78, 5) is 30.8. The second kappa shape index (κ2) is 5.14. The summed E-state index contributed by atoms with van der Waals surface area (Å²) < 4.78 is 0. The van der Waals surface area contributed by atoms with Crippen molar-refractivity contribution in [2.75, 3.05) is 0 Å². The quantitative estimate of drug-likeness (QED) is 0.883. The van der Waals surface area contributed by atoms with Crippen molar-refractivity contribution in [3.05, 3.63) is 50.3 Å². The van der Waals surface area contributed by atoms with Gasteiger partial charge in [-0.1, -0.05) is 6.07 Å². The third kappa shape index (κ3) is 2.84. The van der Waals surface area contributed by atoms with Crippen LogP contribution in [0.15, 0.2) is 29.2 Å². The molecule has 94 valence electrons. The van der Waals surface area contributed by atoms with Gasteiger partial charge in [0.2, 0.25) is 5.56 Å². The zero-order chi connectivity index (χ0) is 13.1. The average Bonchev–Trinajstić information content (AvgIpc) is 2.76. The number of thiazole rings is 1. The van der Waals surface area contributed by atoms with E-state index in [4.69, 9.17) is 0 Å². The Hall–Kier alpha value is -1.95. The number of hydrogen-bond donors (Lipinski definition) is 2. The number of hydrogen-bond acceptors (Lipinski definition) is 4. The topological polar surface area (TPSA) is 74.8 Å². The Morgan fingerprint density at radius 2 is 2.28 bits per heavy atom. The van der Waals surface area contributed by atoms with Gasteiger partial charge in [-0.3, -0.25) is 9.59 Å². The number of pyridine rings is 1. The number of aromatic amines is 1. The smallest absolute Gasteiger partial charge is 0.268 e. The van der Waals surface area contributed by atoms with Crippen LogP contribution in [0.2, 0.25) is 0 Å². The fourth-order valence-electron chi connectivity index (χ4n) is 1.49. The lowest BCUT2D eigenvalue weighted by atomic mass is 10.3. The van der Waals surface area contributed by atoms with Gasteiger partial charge in [0.05, 0.1) is 6.04 Å². The van der Waals surface area contributed by atoms with E-state index < -0.39 is 0 Å². The van der Waals surface area contributed by atoms with Gasteiger partial charge >= 0.3 is 0 Å². The summed E-state index contributed by atoms with van der Waals surface area (Å²) in [6.07, 6.45) is 1.77. The summed E-state index contributed by atoms with van der Waals surface area (Å²) in [5.74, 6) is -0.312. The van der Waals surface area contributed by atoms with E-state index in [1.807, 2.05) is 13.8 Å². The molecule has 0 radical (unpaired) electrons. The van der Waals surface area contributed by atoms with Gasteiger partial charge in [-0.2, -0.15) is 0 Å². The Kier molecular flexibility index (Phi) is 3.57. The number of aromatic nitrogens is 2. The minimum absolute atomic E-state index is 0.181. The lowest BCUT2D eigenvalue weighted by Crippen LogP contribution is -2.28. The highest BCUT2D eigenvalue weighted by Gasteiger charge is 2.14. The van der Waals surface area contributed by atoms with Crippen molar-refractivity contribution in [1.29, 1.82) is 0 Å². The summed E-state index contributed by atoms with van der Waals surface area (Å²) in [6, 6.07) is 4.30. The standard InChI is InChI=1S/C12H13N3O2S/c1-7-6-13-12(18-7)8(2)14-11(17)9-4-3-5-10(16)15-9/h3-6,8H,1-2H3,(H,14,17)(H,15,16). The normalized spacial score (nSPS) is 12.1. The first kappa shape index (κ1) is 12.5. The number of aryl methyl sites for hydroxylation is 1. The molecule has 1 atom stereocenters. The van der Waals surface area contributed by atoms with E-state index in [-0.39, 0.29) is 23.2 Å². The molecule has 0 aliphatic rings. The molecule has 18 heavy (non-hydrogen) atoms. The Morgan fingerprint density at radius 3 is 2.89 bits per heavy atom. The summed E-state index contributed by atoms with van der Waals surface area (Å²) in [5.41, 5.74) is -0.0389. The highest BCUT2D eigenvalue weighted by atomic mass is 32.1. The third-order valence-electron chi connectivity index (χ3n) is 2.37. The molecule has 0 spiro atoms. The molecular formula is C12H13N3O2S. The number of H-pyrrole nitrogens is 1. The first-order valence-corrected chi connectivity index (χ1v) is 6.30. The van der Waals surface area contributed by atoms with Crippen molar-refractivity contribution >= 4 is 17.2 Å². The van der Waals surface area contributed by atoms with E-state index >= 15 is 0 Å². The van der Waals surface area contributed by atoms with E-state index in [1.165, 1.54) is 17.4 Å². The lowest BCUT2D eigenvalue weighted by molar-refractivity contribution is 0.0934. The van der Waals surface area contributed by atoms with Crippen molar-refractivity contribution in [1.82, 2.24) is 15.3 Å². The zero-order valence-corrected chi connectivity index (χ0v) is 10.9. The number of carbonyl (C=O) groups is 1. The van der Waals surface area contributed by atoms with Gasteiger partial charge in [0.25, 0.3) is 5.91 Å². The Balaban J connectivity index is 2.10. The minimum atomic E-state index is -0.312. The second-order valence-electron chi connectivity index (χ2n) is 3.93. The highest BCUT2D eigenvalue weighted by molar-refractivity contribution is 7.11. The van der Waals surface area contributed by atoms with Gasteiger partial charge in [0.15, 0.2) is 0 Å². The number of nitrogens with one attached hydrogen (secondary N) is 2. The first-order chi connectivity index (χ1) is 8.56. The molecule has 0 aliphatic heterocycles. The van der Waals surface area contributed by atoms with Gasteiger partial charge in [-0.25, -0.2) is 4.98 Å². The summed E-state index contributed by atoms with van der Waals surface area (Å²) >= 11 is 1.54. The van der Waals surface area contributed by atoms with Crippen LogP contribution in [0.1, 0.15) is 33.3 Å². The van der Waals surface area contributed by atoms with Gasteiger partial charge < -0.3 is 10.3 Å². The molecular weight excluding hydrogens is 250 g/mol. The molecule has 0 bridgehead atoms. The number of carbonyl (C=O) groups excluding carboxylic acids is 1. The van der Waals surface area contributed by atoms with Crippen LogP contribution in [0.25, 0.3) is 0 Å². The van der Waals surface area contributed by atoms with Gasteiger partial charge in [-0.05, 0) is 19.9 Å². The molecule has 2 aromatic heterocycles. The van der Waals surface area contributed by atoms with Crippen LogP contribution < -0.4 is 10.9 Å². The molecule has 1 amide bonds. The zero-order valence-electron chi connectivity index (χ0n) is 10.1. The van der Waals surface area contributed by atoms with E-state index in [9.17, 15) is 9.59 Å². The van der Waals surface area contributed by atoms with Crippen LogP contribution in [0, 0.1) is 6.92 Å². The third-order valence-corrected chi connectivity index (χ3v) is 3.47. The van der Waals surface area contributed by atoms with Crippen molar-refractivity contribution in [3.8, 4) is 0 Å². The maximum Gasteiger partial charge on any atom is 0.268 e. The molecule has 0 saturated carbocycles. The molecule has 1 unspecified atom stereocenters. The van der Waals surface area contributed by atoms with Crippen molar-refractivity contribution in [2.24, 2.45) is 0 Å². The molecule has 0 saturated heterocycles. The van der Waals surface area contributed by atoms with Crippen molar-refractivity contribution in [2.45, 2.75) is 19.9 Å². The fraction of sp³-hybridized carbons (Fsp3) is 0.250. The second-order valence-corrected chi connectivity index (χ2v) is 5.20. The van der Waals surface area contributed by atoms with Crippen LogP contribution in [0.5, 0.6) is 0 Å². The Labute approximate surface area is 108 Å². The van der Waals surface area contributed by atoms with E-state index in [2.05, 4.69) is 15.3 Å². The number of rotatable bonds is 3. The fourth-order valence-corrected chi connectivity index (χ4v) is 2.27. The van der Waals surface area contributed by atoms with Crippen molar-refractivity contribution < 1.29 is 4.79 Å². The van der Waals surface area contributed by atoms with Gasteiger partial charge in [0.1, 0.15) is 10.7 Å². The summed E-state index contributed by atoms with van der Waals surface area (Å²) in [5, 5.41) is 3.64. The minimum Gasteiger partial charge on any atom is -0.342 e. The Bertz CT molecular complexity index is 618. The van der Waals surface area contributed by atoms with E-state index in [0.29, 0.717) is 0 Å². The maximum atomic E-state index is 11.9. The summed E-state index contributed by atoms with van der Waals surface area (Å²) in [6.45, 7) is 3.82. The van der Waals surface area contributed by atoms with E-state index in [1.54, 1.807) is 18.3 Å². The predicted octanol–water partition coefficient (Wildman–Crippen LogP) is 1.63. The molecule has 6 heteroatoms. The Morgan fingerprint density at radius 1 is 1.50 bits per heavy atom. The van der Waals surface area contributed by atoms with Crippen molar-refractivity contribution in [3.63, 3.8) is 0 Å². The van der Waals surface area contributed by atoms with Crippen LogP contribution in [0.4, 0.5) is 0 Å². The van der Waals surface area contributed by atoms with Crippen LogP contribution in [0.3, 0.4) is 0 Å². The molecule has 0 aliphatic carbocycles. The molecule has 0 aromatic carbocycles. The van der Waals surface area contributed by atoms with Crippen LogP contribution in [-0.2, 0) is 0 Å². The van der Waals surface area contributed by atoms with Gasteiger partial charge in [-0.15, -0.1) is 11.3 Å². The summed E-state index contributed by atoms with van der Waals surface area (Å²) in [7, 11) is 0. The molecule has 5 nitrogen and oxygen atoms in total. The van der Waals surface area contributed by atoms with Gasteiger partial charge in [0, 0.05) is 17.1 Å². The first-order valence-electron chi connectivity index (χ1n) is 5.49. The lowest BCUT2D eigenvalue weighted by Gasteiger charge is -2.10. The maximum absolute atomic E-state index is 11.9. The molecule has 2 rings (SSSR count). The monoisotopic (exact) mass is 263 g/mol. The molecule has 2 heterocycles. The predicted molar refractivity (Wildman–Crippen MR) is 69.8 cm³/mol.